The zero-order chi connectivity index (χ0) is 91.2. The Morgan fingerprint density at radius 3 is 1.70 bits per heavy atom. The minimum atomic E-state index is -6.57. The highest BCUT2D eigenvalue weighted by Gasteiger charge is 2.41. The van der Waals surface area contributed by atoms with Crippen molar-refractivity contribution >= 4 is 61.7 Å². The molecule has 0 atom stereocenters. The topological polar surface area (TPSA) is 35.9 Å². The Labute approximate surface area is 562 Å². The molecular weight excluding hydrogens is 1070 g/mol. The zero-order valence-electron chi connectivity index (χ0n) is 82.9. The molecule has 0 aliphatic carbocycles. The first-order valence-corrected chi connectivity index (χ1v) is 28.6. The summed E-state index contributed by atoms with van der Waals surface area (Å²) in [4.78, 5) is 4.68. The van der Waals surface area contributed by atoms with Crippen LogP contribution in [0, 0.1) is 26.9 Å². The van der Waals surface area contributed by atoms with Crippen LogP contribution in [-0.2, 0) is 0 Å². The van der Waals surface area contributed by atoms with Gasteiger partial charge in [-0.05, 0) is 145 Å². The summed E-state index contributed by atoms with van der Waals surface area (Å²) in [6.45, 7) is -9.00. The number of nitrogens with zero attached hydrogens (tertiary/aromatic N) is 4. The van der Waals surface area contributed by atoms with Gasteiger partial charge in [-0.15, -0.1) is 0 Å². The molecule has 0 saturated carbocycles. The van der Waals surface area contributed by atoms with Crippen LogP contribution in [0.2, 0.25) is 0 Å². The molecule has 0 radical (unpaired) electrons. The van der Waals surface area contributed by atoms with Crippen LogP contribution < -0.4 is 30.1 Å². The van der Waals surface area contributed by atoms with Crippen LogP contribution in [0.1, 0.15) is 68.8 Å². The van der Waals surface area contributed by atoms with Crippen molar-refractivity contribution in [1.29, 1.82) is 0 Å². The van der Waals surface area contributed by atoms with Gasteiger partial charge in [0.05, 0.1) is 73.2 Å². The van der Waals surface area contributed by atoms with Crippen LogP contribution in [0.25, 0.3) is 94.5 Å². The van der Waals surface area contributed by atoms with Gasteiger partial charge < -0.3 is 4.74 Å². The third-order valence-corrected chi connectivity index (χ3v) is 18.8. The number of aromatic nitrogens is 4. The van der Waals surface area contributed by atoms with Gasteiger partial charge in [-0.2, -0.15) is 0 Å². The molecule has 87 heavy (non-hydrogen) atoms. The van der Waals surface area contributed by atoms with Gasteiger partial charge >= 0.3 is 0 Å². The summed E-state index contributed by atoms with van der Waals surface area (Å²) in [5, 5.41) is -3.44. The van der Waals surface area contributed by atoms with Crippen LogP contribution in [0.5, 0.6) is 11.5 Å². The summed E-state index contributed by atoms with van der Waals surface area (Å²) in [5.41, 5.74) is -4.48. The first kappa shape index (κ1) is 26.1. The van der Waals surface area contributed by atoms with E-state index in [-0.39, 0.29) is 50.7 Å². The van der Waals surface area contributed by atoms with Crippen molar-refractivity contribution in [3.05, 3.63) is 332 Å². The fraction of sp³-hybridized carbons (Fsp3) is 0.0370. The maximum atomic E-state index is 11.0. The quantitative estimate of drug-likeness (QED) is 0.0499. The number of pyridine rings is 1. The zero-order valence-corrected chi connectivity index (χ0v) is 45.9. The second-order valence-corrected chi connectivity index (χ2v) is 23.1. The van der Waals surface area contributed by atoms with Crippen molar-refractivity contribution < 1.29 is 61.4 Å². The SMILES string of the molecule is [2H]c1c([2H])c([2H])c(-c2cnc(-n3c4ccccc4c4ccc(Oc5cccc(-n6[c-][n+](-c7c(-c8c([2H])c([2H])c([2H])c([2H])c8[2H])cccc7-c7c([2H])c([2H])c([2H])c([Si](c8c([2H])c([2H])c([2H])c([2H])c8[2H])(c8c([2H])c([2H])c([2H])c([2H])c8[2H])c8c([2H])c([2H])c([2H])c([2H])c8[2H])c7[2H])c7ccc(-c8c(C([2H])([2H])[2H])cccc8C([2H])([2H])[2H])cc76)c5)cc43)cc2C([2H])([2H])[2H])c([2H])c1[2H]. The summed E-state index contributed by atoms with van der Waals surface area (Å²) in [5.74, 6) is 0.154. The van der Waals surface area contributed by atoms with Crippen LogP contribution >= 0.6 is 0 Å². The van der Waals surface area contributed by atoms with Gasteiger partial charge in [-0.25, -0.2) is 4.98 Å². The molecule has 3 heterocycles. The van der Waals surface area contributed by atoms with Crippen LogP contribution in [-0.4, -0.2) is 22.2 Å². The summed E-state index contributed by atoms with van der Waals surface area (Å²) in [6, 6.07) is -0.888. The number of ether oxygens (including phenoxy) is 1. The lowest BCUT2D eigenvalue weighted by atomic mass is 9.95. The highest BCUT2D eigenvalue weighted by molar-refractivity contribution is 7.19. The summed E-state index contributed by atoms with van der Waals surface area (Å²) in [6.07, 6.45) is 4.37. The summed E-state index contributed by atoms with van der Waals surface area (Å²) >= 11 is 0. The van der Waals surface area contributed by atoms with E-state index in [0.717, 1.165) is 6.20 Å². The maximum absolute atomic E-state index is 11.0. The molecule has 0 N–H and O–H groups in total. The number of hydrogen-bond donors (Lipinski definition) is 0. The highest BCUT2D eigenvalue weighted by atomic mass is 28.3. The Hall–Kier alpha value is -10.9. The number of imidazole rings is 1. The van der Waals surface area contributed by atoms with Crippen LogP contribution in [0.4, 0.5) is 0 Å². The molecule has 5 nitrogen and oxygen atoms in total. The molecule has 0 fully saturated rings. The standard InChI is InChI=1S/C81H60N4OSi/c1-56-25-21-26-57(2)80(56)62-45-48-76-78(51-62)83(63-32-23-33-64(52-63)86-65-46-47-73-72-41-19-20-44-75(72)85(77(73)53-65)79-49-58(3)74(54-82-79)60-29-11-5-12-30-60)55-84(76)81-70(59-27-9-4-10-28-59)42-24-43-71(81)61-31-22-40-69(50-61)87(66-34-13-6-14-35-66,67-36-15-7-16-37-67)68-38-17-8-18-39-68/h4-54H,1-3H3/i1D3,2D3,3D3,4D,5D,6D,7D,8D,9D,10D,11D,12D,13D,14D,15D,16D,17D,18D,22D,27D,28D,29D,30D,31D,34D,35D,36D,37D,38D,39D,40D,50D. The molecule has 0 unspecified atom stereocenters. The molecule has 0 bridgehead atoms. The van der Waals surface area contributed by atoms with Gasteiger partial charge in [0.2, 0.25) is 0 Å². The molecule has 12 aromatic carbocycles. The number of hydrogen-bond acceptors (Lipinski definition) is 2. The average Bonchev–Trinajstić information content (AvgIpc) is 1.00. The van der Waals surface area contributed by atoms with Gasteiger partial charge in [-0.1, -0.05) is 248 Å². The minimum Gasteiger partial charge on any atom is -0.458 e. The molecule has 3 aromatic heterocycles. The van der Waals surface area contributed by atoms with Crippen molar-refractivity contribution in [1.82, 2.24) is 14.1 Å². The number of rotatable bonds is 13. The van der Waals surface area contributed by atoms with Gasteiger partial charge in [0.15, 0.2) is 8.07 Å². The molecule has 0 aliphatic rings. The van der Waals surface area contributed by atoms with Gasteiger partial charge in [0.1, 0.15) is 17.3 Å². The van der Waals surface area contributed by atoms with Gasteiger partial charge in [0, 0.05) is 40.9 Å². The maximum Gasteiger partial charge on any atom is 0.269 e. The van der Waals surface area contributed by atoms with E-state index in [2.05, 4.69) is 11.3 Å². The lowest BCUT2D eigenvalue weighted by molar-refractivity contribution is -0.571. The molecular formula is C81H60N4OSi. The van der Waals surface area contributed by atoms with Crippen LogP contribution in [0.15, 0.2) is 309 Å². The normalized spacial score (nSPS) is 18.3. The third kappa shape index (κ3) is 9.35. The van der Waals surface area contributed by atoms with Crippen molar-refractivity contribution in [3.8, 4) is 73.2 Å². The fourth-order valence-electron chi connectivity index (χ4n) is 11.0. The average molecular weight is 1170 g/mol. The van der Waals surface area contributed by atoms with Crippen LogP contribution in [0.3, 0.4) is 0 Å². The lowest BCUT2D eigenvalue weighted by Crippen LogP contribution is -2.74. The Morgan fingerprint density at radius 1 is 0.448 bits per heavy atom. The Morgan fingerprint density at radius 2 is 1.02 bits per heavy atom. The van der Waals surface area contributed by atoms with E-state index in [1.54, 1.807) is 47.0 Å². The van der Waals surface area contributed by atoms with E-state index in [1.165, 1.54) is 94.1 Å². The number of aryl methyl sites for hydroxylation is 3. The monoisotopic (exact) mass is 1170 g/mol. The Kier molecular flexibility index (Phi) is 6.69. The highest BCUT2D eigenvalue weighted by Crippen LogP contribution is 2.39. The first-order valence-electron chi connectivity index (χ1n) is 45.6. The smallest absolute Gasteiger partial charge is 0.269 e. The van der Waals surface area contributed by atoms with Gasteiger partial charge in [-0.3, -0.25) is 13.7 Å². The molecule has 0 spiro atoms. The van der Waals surface area contributed by atoms with Gasteiger partial charge in [0.25, 0.3) is 6.33 Å². The van der Waals surface area contributed by atoms with E-state index >= 15 is 0 Å². The van der Waals surface area contributed by atoms with Crippen molar-refractivity contribution in [3.63, 3.8) is 0 Å². The van der Waals surface area contributed by atoms with Crippen molar-refractivity contribution in [2.24, 2.45) is 0 Å². The molecule has 0 aliphatic heterocycles. The molecule has 6 heteroatoms. The first-order chi connectivity index (χ1) is 58.5. The predicted octanol–water partition coefficient (Wildman–Crippen LogP) is 17.0. The minimum absolute atomic E-state index is 0.0148. The molecule has 0 saturated heterocycles. The molecule has 0 amide bonds. The Balaban J connectivity index is 1.05. The van der Waals surface area contributed by atoms with E-state index in [9.17, 15) is 24.7 Å². The van der Waals surface area contributed by atoms with E-state index in [4.69, 9.17) is 32.2 Å². The molecule has 15 aromatic rings. The number of benzene rings is 12. The largest absolute Gasteiger partial charge is 0.458 e. The fourth-order valence-corrected chi connectivity index (χ4v) is 14.6. The number of para-hydroxylation sites is 2. The van der Waals surface area contributed by atoms with E-state index in [1.807, 2.05) is 0 Å². The van der Waals surface area contributed by atoms with E-state index in [0.29, 0.717) is 21.8 Å². The van der Waals surface area contributed by atoms with Crippen molar-refractivity contribution in [2.75, 3.05) is 0 Å². The Bertz CT molecular complexity index is 6890. The third-order valence-electron chi connectivity index (χ3n) is 14.8. The number of fused-ring (bicyclic) bond motifs is 4. The summed E-state index contributed by atoms with van der Waals surface area (Å²) < 4.78 is 360. The lowest BCUT2D eigenvalue weighted by Gasteiger charge is -2.34. The van der Waals surface area contributed by atoms with Crippen molar-refractivity contribution in [2.45, 2.75) is 20.6 Å². The summed E-state index contributed by atoms with van der Waals surface area (Å²) in [7, 11) is -6.57. The van der Waals surface area contributed by atoms with E-state index < -0.39 is 275 Å². The predicted molar refractivity (Wildman–Crippen MR) is 362 cm³/mol. The second kappa shape index (κ2) is 22.2. The second-order valence-electron chi connectivity index (χ2n) is 19.6. The molecule has 15 rings (SSSR count). The molecule has 414 valence electrons.